The number of alkyl halides is 3. The van der Waals surface area contributed by atoms with Crippen LogP contribution in [0.3, 0.4) is 0 Å². The molecule has 8 nitrogen and oxygen atoms in total. The van der Waals surface area contributed by atoms with Crippen molar-refractivity contribution in [3.63, 3.8) is 0 Å². The molecule has 0 saturated heterocycles. The predicted octanol–water partition coefficient (Wildman–Crippen LogP) is 6.77. The Labute approximate surface area is 279 Å². The second-order valence-electron chi connectivity index (χ2n) is 12.3. The van der Waals surface area contributed by atoms with E-state index < -0.39 is 59.3 Å². The maximum absolute atomic E-state index is 15.9. The molecule has 13 heteroatoms. The number of pyridine rings is 1. The van der Waals surface area contributed by atoms with Crippen molar-refractivity contribution in [1.82, 2.24) is 19.7 Å². The highest BCUT2D eigenvalue weighted by Gasteiger charge is 2.36. The summed E-state index contributed by atoms with van der Waals surface area (Å²) in [6.45, 7) is 6.80. The SMILES string of the molecule is C#Cc1cc(-c2c(C)cc(F)cc2C)cc(C(CC(=O)O)NC(=O)C(CC(C)C)n2cc(CCn3cccn3)c(C(F)(F)F)cc2=O)c1F. The first kappa shape index (κ1) is 36.6. The summed E-state index contributed by atoms with van der Waals surface area (Å²) in [5.74, 6) is -1.80. The van der Waals surface area contributed by atoms with E-state index in [4.69, 9.17) is 6.42 Å². The Morgan fingerprint density at radius 2 is 1.76 bits per heavy atom. The Morgan fingerprint density at radius 3 is 2.31 bits per heavy atom. The van der Waals surface area contributed by atoms with Crippen molar-refractivity contribution in [3.8, 4) is 23.5 Å². The summed E-state index contributed by atoms with van der Waals surface area (Å²) < 4.78 is 74.4. The van der Waals surface area contributed by atoms with Gasteiger partial charge in [-0.05, 0) is 90.8 Å². The van der Waals surface area contributed by atoms with Gasteiger partial charge in [-0.2, -0.15) is 18.3 Å². The number of halogens is 5. The Kier molecular flexibility index (Phi) is 11.1. The fraction of sp³-hybridized carbons (Fsp3) is 0.333. The summed E-state index contributed by atoms with van der Waals surface area (Å²) in [6, 6.07) is 4.37. The second-order valence-corrected chi connectivity index (χ2v) is 12.3. The second kappa shape index (κ2) is 14.9. The highest BCUT2D eigenvalue weighted by molar-refractivity contribution is 5.82. The number of carbonyl (C=O) groups is 2. The third kappa shape index (κ3) is 8.62. The van der Waals surface area contributed by atoms with Crippen molar-refractivity contribution in [3.05, 3.63) is 110 Å². The molecule has 4 aromatic rings. The van der Waals surface area contributed by atoms with Gasteiger partial charge >= 0.3 is 12.1 Å². The van der Waals surface area contributed by atoms with Crippen LogP contribution in [0.5, 0.6) is 0 Å². The number of terminal acetylenes is 1. The van der Waals surface area contributed by atoms with Crippen molar-refractivity contribution >= 4 is 11.9 Å². The van der Waals surface area contributed by atoms with Crippen molar-refractivity contribution < 1.29 is 36.6 Å². The monoisotopic (exact) mass is 682 g/mol. The maximum atomic E-state index is 15.9. The zero-order valence-corrected chi connectivity index (χ0v) is 27.2. The first-order valence-electron chi connectivity index (χ1n) is 15.4. The molecule has 2 heterocycles. The molecule has 0 radical (unpaired) electrons. The van der Waals surface area contributed by atoms with Crippen LogP contribution in [0.2, 0.25) is 0 Å². The van der Waals surface area contributed by atoms with Gasteiger partial charge in [0, 0.05) is 36.8 Å². The molecule has 258 valence electrons. The number of aromatic nitrogens is 3. The standard InChI is InChI=1S/C36H35F5N4O4/c1-6-23-15-25(33-21(4)13-26(37)14-22(33)5)16-27(34(23)38)29(18-32(47)48)43-35(49)30(12-20(2)3)45-19-24(8-11-44-10-7-9-42-44)28(17-31(45)46)36(39,40)41/h1,7,9-10,13-17,19-20,29-30H,8,11-12,18H2,2-5H3,(H,43,49)(H,47,48). The van der Waals surface area contributed by atoms with Gasteiger partial charge in [0.25, 0.3) is 5.56 Å². The molecule has 1 amide bonds. The van der Waals surface area contributed by atoms with Gasteiger partial charge in [-0.3, -0.25) is 19.1 Å². The Bertz CT molecular complexity index is 1940. The molecule has 0 bridgehead atoms. The molecule has 0 aliphatic rings. The van der Waals surface area contributed by atoms with Crippen LogP contribution in [0.25, 0.3) is 11.1 Å². The molecule has 0 spiro atoms. The average molecular weight is 683 g/mol. The summed E-state index contributed by atoms with van der Waals surface area (Å²) in [6.07, 6.45) is 3.76. The number of carboxylic acids is 1. The van der Waals surface area contributed by atoms with E-state index >= 15 is 4.39 Å². The highest BCUT2D eigenvalue weighted by Crippen LogP contribution is 2.35. The van der Waals surface area contributed by atoms with E-state index in [2.05, 4.69) is 16.3 Å². The van der Waals surface area contributed by atoms with Crippen LogP contribution < -0.4 is 10.9 Å². The lowest BCUT2D eigenvalue weighted by Crippen LogP contribution is -2.41. The van der Waals surface area contributed by atoms with Crippen LogP contribution >= 0.6 is 0 Å². The normalized spacial score (nSPS) is 12.8. The Hall–Kier alpha value is -5.25. The lowest BCUT2D eigenvalue weighted by Gasteiger charge is -2.27. The molecule has 0 saturated carbocycles. The lowest BCUT2D eigenvalue weighted by atomic mass is 9.90. The van der Waals surface area contributed by atoms with E-state index in [1.807, 2.05) is 0 Å². The minimum absolute atomic E-state index is 0.0262. The van der Waals surface area contributed by atoms with Gasteiger partial charge in [0.15, 0.2) is 0 Å². The van der Waals surface area contributed by atoms with Crippen LogP contribution in [-0.2, 0) is 28.7 Å². The molecule has 0 aliphatic carbocycles. The van der Waals surface area contributed by atoms with Crippen LogP contribution in [0.4, 0.5) is 22.0 Å². The fourth-order valence-corrected chi connectivity index (χ4v) is 5.96. The van der Waals surface area contributed by atoms with Crippen LogP contribution in [0, 0.1) is 43.7 Å². The van der Waals surface area contributed by atoms with E-state index in [9.17, 15) is 37.1 Å². The predicted molar refractivity (Wildman–Crippen MR) is 172 cm³/mol. The van der Waals surface area contributed by atoms with Crippen molar-refractivity contribution in [2.75, 3.05) is 0 Å². The van der Waals surface area contributed by atoms with Gasteiger partial charge < -0.3 is 15.0 Å². The number of aliphatic carboxylic acids is 1. The number of carboxylic acid groups (broad SMARTS) is 1. The van der Waals surface area contributed by atoms with Gasteiger partial charge in [-0.15, -0.1) is 6.42 Å². The molecular weight excluding hydrogens is 647 g/mol. The number of amides is 1. The highest BCUT2D eigenvalue weighted by atomic mass is 19.4. The number of carbonyl (C=O) groups excluding carboxylic acids is 1. The first-order chi connectivity index (χ1) is 23.0. The smallest absolute Gasteiger partial charge is 0.416 e. The van der Waals surface area contributed by atoms with Gasteiger partial charge in [-0.25, -0.2) is 8.78 Å². The van der Waals surface area contributed by atoms with Crippen molar-refractivity contribution in [2.45, 2.75) is 71.8 Å². The molecule has 49 heavy (non-hydrogen) atoms. The van der Waals surface area contributed by atoms with Gasteiger partial charge in [0.2, 0.25) is 5.91 Å². The van der Waals surface area contributed by atoms with E-state index in [1.54, 1.807) is 40.0 Å². The third-order valence-corrected chi connectivity index (χ3v) is 8.08. The van der Waals surface area contributed by atoms with Crippen molar-refractivity contribution in [1.29, 1.82) is 0 Å². The Balaban J connectivity index is 1.82. The zero-order chi connectivity index (χ0) is 36.2. The summed E-state index contributed by atoms with van der Waals surface area (Å²) in [5, 5.41) is 16.3. The van der Waals surface area contributed by atoms with E-state index in [0.717, 1.165) is 10.8 Å². The minimum Gasteiger partial charge on any atom is -0.481 e. The van der Waals surface area contributed by atoms with Crippen LogP contribution in [0.1, 0.15) is 72.2 Å². The molecule has 2 unspecified atom stereocenters. The fourth-order valence-electron chi connectivity index (χ4n) is 5.96. The van der Waals surface area contributed by atoms with Crippen LogP contribution in [-0.4, -0.2) is 31.3 Å². The molecule has 2 aromatic heterocycles. The lowest BCUT2D eigenvalue weighted by molar-refractivity contribution is -0.139. The number of rotatable bonds is 12. The Morgan fingerprint density at radius 1 is 1.08 bits per heavy atom. The van der Waals surface area contributed by atoms with E-state index in [-0.39, 0.29) is 42.0 Å². The quantitative estimate of drug-likeness (QED) is 0.127. The molecule has 4 rings (SSSR count). The molecule has 2 aromatic carbocycles. The number of nitrogens with zero attached hydrogens (tertiary/aromatic N) is 3. The molecular formula is C36H35F5N4O4. The van der Waals surface area contributed by atoms with Gasteiger partial charge in [-0.1, -0.05) is 19.8 Å². The van der Waals surface area contributed by atoms with Gasteiger partial charge in [0.05, 0.1) is 23.6 Å². The number of aryl methyl sites for hydroxylation is 4. The molecule has 2 N–H and O–H groups in total. The van der Waals surface area contributed by atoms with E-state index in [0.29, 0.717) is 28.3 Å². The summed E-state index contributed by atoms with van der Waals surface area (Å²) in [4.78, 5) is 39.2. The number of benzene rings is 2. The topological polar surface area (TPSA) is 106 Å². The zero-order valence-electron chi connectivity index (χ0n) is 27.2. The number of hydrogen-bond acceptors (Lipinski definition) is 4. The summed E-state index contributed by atoms with van der Waals surface area (Å²) in [7, 11) is 0. The number of nitrogens with one attached hydrogen (secondary N) is 1. The van der Waals surface area contributed by atoms with Crippen LogP contribution in [0.15, 0.2) is 59.8 Å². The van der Waals surface area contributed by atoms with E-state index in [1.165, 1.54) is 35.1 Å². The molecule has 0 aliphatic heterocycles. The van der Waals surface area contributed by atoms with Crippen molar-refractivity contribution in [2.24, 2.45) is 5.92 Å². The summed E-state index contributed by atoms with van der Waals surface area (Å²) in [5.41, 5.74) is -1.14. The third-order valence-electron chi connectivity index (χ3n) is 8.08. The average Bonchev–Trinajstić information content (AvgIpc) is 3.52. The molecule has 0 fully saturated rings. The first-order valence-corrected chi connectivity index (χ1v) is 15.4. The molecule has 2 atom stereocenters. The van der Waals surface area contributed by atoms with Gasteiger partial charge in [0.1, 0.15) is 17.7 Å². The number of hydrogen-bond donors (Lipinski definition) is 2. The largest absolute Gasteiger partial charge is 0.481 e. The summed E-state index contributed by atoms with van der Waals surface area (Å²) >= 11 is 0. The minimum atomic E-state index is -4.86. The maximum Gasteiger partial charge on any atom is 0.416 e.